The highest BCUT2D eigenvalue weighted by molar-refractivity contribution is 5.93. The summed E-state index contributed by atoms with van der Waals surface area (Å²) in [5, 5.41) is 2.73. The third-order valence-electron chi connectivity index (χ3n) is 2.80. The van der Waals surface area contributed by atoms with Crippen molar-refractivity contribution in [2.45, 2.75) is 38.8 Å². The molecule has 1 N–H and O–H groups in total. The Morgan fingerprint density at radius 2 is 2.12 bits per heavy atom. The molecule has 0 aromatic heterocycles. The summed E-state index contributed by atoms with van der Waals surface area (Å²) in [5.41, 5.74) is -0.824. The molecule has 0 radical (unpaired) electrons. The first kappa shape index (κ1) is 13.0. The molecule has 2 amide bonds. The SMILES string of the molecule is COCCN1C(=O)C(C)(C)NC(=O)CC1C. The molecule has 16 heavy (non-hydrogen) atoms. The third-order valence-corrected chi connectivity index (χ3v) is 2.80. The summed E-state index contributed by atoms with van der Waals surface area (Å²) in [6, 6.07) is -0.0792. The van der Waals surface area contributed by atoms with Gasteiger partial charge < -0.3 is 15.0 Å². The fraction of sp³-hybridized carbons (Fsp3) is 0.818. The van der Waals surface area contributed by atoms with Gasteiger partial charge in [0, 0.05) is 26.1 Å². The number of methoxy groups -OCH3 is 1. The minimum atomic E-state index is -0.824. The molecule has 1 aliphatic rings. The fourth-order valence-corrected chi connectivity index (χ4v) is 1.90. The number of rotatable bonds is 3. The highest BCUT2D eigenvalue weighted by Gasteiger charge is 2.39. The molecule has 0 saturated carbocycles. The van der Waals surface area contributed by atoms with Crippen molar-refractivity contribution < 1.29 is 14.3 Å². The van der Waals surface area contributed by atoms with Gasteiger partial charge in [-0.15, -0.1) is 0 Å². The second-order valence-electron chi connectivity index (χ2n) is 4.72. The van der Waals surface area contributed by atoms with E-state index in [1.165, 1.54) is 0 Å². The van der Waals surface area contributed by atoms with Crippen molar-refractivity contribution in [2.24, 2.45) is 0 Å². The Morgan fingerprint density at radius 3 is 2.69 bits per heavy atom. The van der Waals surface area contributed by atoms with Gasteiger partial charge in [0.25, 0.3) is 0 Å². The lowest BCUT2D eigenvalue weighted by molar-refractivity contribution is -0.139. The molecule has 0 spiro atoms. The van der Waals surface area contributed by atoms with Gasteiger partial charge in [-0.05, 0) is 20.8 Å². The number of amides is 2. The Bertz CT molecular complexity index is 289. The monoisotopic (exact) mass is 228 g/mol. The quantitative estimate of drug-likeness (QED) is 0.748. The van der Waals surface area contributed by atoms with Crippen LogP contribution in [0, 0.1) is 0 Å². The maximum Gasteiger partial charge on any atom is 0.248 e. The Kier molecular flexibility index (Phi) is 3.91. The fourth-order valence-electron chi connectivity index (χ4n) is 1.90. The first-order valence-electron chi connectivity index (χ1n) is 5.49. The Hall–Kier alpha value is -1.10. The molecular weight excluding hydrogens is 208 g/mol. The third kappa shape index (κ3) is 2.72. The van der Waals surface area contributed by atoms with Crippen LogP contribution in [-0.4, -0.2) is 48.6 Å². The molecule has 1 atom stereocenters. The minimum absolute atomic E-state index is 0.0529. The highest BCUT2D eigenvalue weighted by Crippen LogP contribution is 2.17. The molecule has 1 heterocycles. The van der Waals surface area contributed by atoms with Crippen LogP contribution in [0.15, 0.2) is 0 Å². The Balaban J connectivity index is 2.86. The number of hydrogen-bond acceptors (Lipinski definition) is 3. The average Bonchev–Trinajstić information content (AvgIpc) is 2.22. The first-order valence-corrected chi connectivity index (χ1v) is 5.49. The van der Waals surface area contributed by atoms with Crippen molar-refractivity contribution in [3.63, 3.8) is 0 Å². The van der Waals surface area contributed by atoms with E-state index in [4.69, 9.17) is 4.74 Å². The molecule has 5 heteroatoms. The predicted molar refractivity (Wildman–Crippen MR) is 59.9 cm³/mol. The lowest BCUT2D eigenvalue weighted by Crippen LogP contribution is -2.54. The van der Waals surface area contributed by atoms with Crippen molar-refractivity contribution in [3.05, 3.63) is 0 Å². The van der Waals surface area contributed by atoms with E-state index in [-0.39, 0.29) is 17.9 Å². The largest absolute Gasteiger partial charge is 0.383 e. The van der Waals surface area contributed by atoms with Crippen LogP contribution in [0.25, 0.3) is 0 Å². The van der Waals surface area contributed by atoms with Crippen molar-refractivity contribution in [2.75, 3.05) is 20.3 Å². The normalized spacial score (nSPS) is 25.2. The number of carbonyl (C=O) groups is 2. The van der Waals surface area contributed by atoms with Gasteiger partial charge >= 0.3 is 0 Å². The summed E-state index contributed by atoms with van der Waals surface area (Å²) >= 11 is 0. The summed E-state index contributed by atoms with van der Waals surface area (Å²) in [5.74, 6) is -0.131. The van der Waals surface area contributed by atoms with Gasteiger partial charge in [0.1, 0.15) is 5.54 Å². The molecule has 0 aliphatic carbocycles. The number of nitrogens with one attached hydrogen (secondary N) is 1. The molecular formula is C11H20N2O3. The molecule has 1 unspecified atom stereocenters. The number of nitrogens with zero attached hydrogens (tertiary/aromatic N) is 1. The smallest absolute Gasteiger partial charge is 0.248 e. The molecule has 1 aliphatic heterocycles. The minimum Gasteiger partial charge on any atom is -0.383 e. The lowest BCUT2D eigenvalue weighted by atomic mass is 10.0. The van der Waals surface area contributed by atoms with E-state index in [1.807, 2.05) is 6.92 Å². The standard InChI is InChI=1S/C11H20N2O3/c1-8-7-9(14)12-11(2,3)10(15)13(8)5-6-16-4/h8H,5-7H2,1-4H3,(H,12,14). The van der Waals surface area contributed by atoms with Gasteiger partial charge in [-0.3, -0.25) is 9.59 Å². The van der Waals surface area contributed by atoms with E-state index >= 15 is 0 Å². The molecule has 92 valence electrons. The van der Waals surface area contributed by atoms with E-state index in [9.17, 15) is 9.59 Å². The second-order valence-corrected chi connectivity index (χ2v) is 4.72. The summed E-state index contributed by atoms with van der Waals surface area (Å²) in [6.07, 6.45) is 0.346. The van der Waals surface area contributed by atoms with Crippen LogP contribution in [0.1, 0.15) is 27.2 Å². The number of carbonyl (C=O) groups excluding carboxylic acids is 2. The summed E-state index contributed by atoms with van der Waals surface area (Å²) < 4.78 is 4.98. The van der Waals surface area contributed by atoms with Crippen molar-refractivity contribution in [3.8, 4) is 0 Å². The van der Waals surface area contributed by atoms with Gasteiger partial charge in [-0.25, -0.2) is 0 Å². The van der Waals surface area contributed by atoms with Crippen LogP contribution in [0.2, 0.25) is 0 Å². The van der Waals surface area contributed by atoms with Crippen LogP contribution in [0.3, 0.4) is 0 Å². The van der Waals surface area contributed by atoms with Gasteiger partial charge in [0.05, 0.1) is 6.61 Å². The molecule has 0 aromatic carbocycles. The van der Waals surface area contributed by atoms with E-state index in [0.29, 0.717) is 19.6 Å². The number of hydrogen-bond donors (Lipinski definition) is 1. The summed E-state index contributed by atoms with van der Waals surface area (Å²) in [7, 11) is 1.60. The van der Waals surface area contributed by atoms with E-state index in [2.05, 4.69) is 5.32 Å². The summed E-state index contributed by atoms with van der Waals surface area (Å²) in [4.78, 5) is 25.4. The van der Waals surface area contributed by atoms with Crippen LogP contribution >= 0.6 is 0 Å². The molecule has 5 nitrogen and oxygen atoms in total. The van der Waals surface area contributed by atoms with Crippen molar-refractivity contribution >= 4 is 11.8 Å². The lowest BCUT2D eigenvalue weighted by Gasteiger charge is -2.31. The zero-order valence-corrected chi connectivity index (χ0v) is 10.4. The first-order chi connectivity index (χ1) is 7.38. The van der Waals surface area contributed by atoms with Crippen molar-refractivity contribution in [1.82, 2.24) is 10.2 Å². The van der Waals surface area contributed by atoms with Gasteiger partial charge in [-0.2, -0.15) is 0 Å². The highest BCUT2D eigenvalue weighted by atomic mass is 16.5. The van der Waals surface area contributed by atoms with Crippen LogP contribution in [0.4, 0.5) is 0 Å². The molecule has 1 rings (SSSR count). The maximum atomic E-state index is 12.2. The maximum absolute atomic E-state index is 12.2. The average molecular weight is 228 g/mol. The zero-order chi connectivity index (χ0) is 12.3. The second kappa shape index (κ2) is 4.82. The predicted octanol–water partition coefficient (Wildman–Crippen LogP) is 0.148. The van der Waals surface area contributed by atoms with Gasteiger partial charge in [-0.1, -0.05) is 0 Å². The van der Waals surface area contributed by atoms with Crippen LogP contribution in [0.5, 0.6) is 0 Å². The van der Waals surface area contributed by atoms with E-state index in [1.54, 1.807) is 25.9 Å². The number of ether oxygens (including phenoxy) is 1. The van der Waals surface area contributed by atoms with E-state index < -0.39 is 5.54 Å². The molecule has 1 saturated heterocycles. The van der Waals surface area contributed by atoms with Crippen LogP contribution in [-0.2, 0) is 14.3 Å². The Labute approximate surface area is 96.1 Å². The van der Waals surface area contributed by atoms with Crippen LogP contribution < -0.4 is 5.32 Å². The summed E-state index contributed by atoms with van der Waals surface area (Å²) in [6.45, 7) is 6.35. The zero-order valence-electron chi connectivity index (χ0n) is 10.4. The topological polar surface area (TPSA) is 58.6 Å². The molecule has 0 bridgehead atoms. The van der Waals surface area contributed by atoms with Gasteiger partial charge in [0.15, 0.2) is 0 Å². The van der Waals surface area contributed by atoms with Gasteiger partial charge in [0.2, 0.25) is 11.8 Å². The Morgan fingerprint density at radius 1 is 1.50 bits per heavy atom. The molecule has 1 fully saturated rings. The molecule has 0 aromatic rings. The van der Waals surface area contributed by atoms with E-state index in [0.717, 1.165) is 0 Å². The van der Waals surface area contributed by atoms with Crippen molar-refractivity contribution in [1.29, 1.82) is 0 Å².